The molecule has 0 aliphatic rings. The van der Waals surface area contributed by atoms with E-state index in [2.05, 4.69) is 9.97 Å². The van der Waals surface area contributed by atoms with Crippen LogP contribution in [-0.2, 0) is 11.3 Å². The third-order valence-electron chi connectivity index (χ3n) is 3.76. The predicted molar refractivity (Wildman–Crippen MR) is 108 cm³/mol. The van der Waals surface area contributed by atoms with Gasteiger partial charge in [0, 0.05) is 17.2 Å². The zero-order chi connectivity index (χ0) is 17.8. The van der Waals surface area contributed by atoms with E-state index in [9.17, 15) is 4.79 Å². The lowest BCUT2D eigenvalue weighted by Crippen LogP contribution is -2.28. The van der Waals surface area contributed by atoms with Gasteiger partial charge in [0.25, 0.3) is 5.91 Å². The molecule has 128 valence electrons. The van der Waals surface area contributed by atoms with Gasteiger partial charge in [0.1, 0.15) is 0 Å². The Morgan fingerprint density at radius 2 is 1.96 bits per heavy atom. The third kappa shape index (κ3) is 3.71. The van der Waals surface area contributed by atoms with Crippen molar-refractivity contribution < 1.29 is 4.79 Å². The number of hydrogen-bond acceptors (Lipinski definition) is 5. The van der Waals surface area contributed by atoms with Crippen LogP contribution in [0, 0.1) is 0 Å². The highest BCUT2D eigenvalue weighted by Gasteiger charge is 2.18. The number of thiophene rings is 1. The summed E-state index contributed by atoms with van der Waals surface area (Å²) in [4.78, 5) is 24.6. The summed E-state index contributed by atoms with van der Waals surface area (Å²) < 4.78 is 1.06. The topological polar surface area (TPSA) is 46.1 Å². The van der Waals surface area contributed by atoms with Crippen molar-refractivity contribution in [3.8, 4) is 0 Å². The molecular weight excluding hydrogens is 362 g/mol. The van der Waals surface area contributed by atoms with Gasteiger partial charge in [0.05, 0.1) is 22.5 Å². The second kappa shape index (κ2) is 7.59. The van der Waals surface area contributed by atoms with Crippen LogP contribution in [0.1, 0.15) is 10.6 Å². The average molecular weight is 377 g/mol. The van der Waals surface area contributed by atoms with Gasteiger partial charge in [-0.15, -0.1) is 11.3 Å². The Morgan fingerprint density at radius 1 is 1.08 bits per heavy atom. The van der Waals surface area contributed by atoms with E-state index in [4.69, 9.17) is 0 Å². The maximum Gasteiger partial charge on any atom is 0.253 e. The van der Waals surface area contributed by atoms with Crippen LogP contribution in [-0.4, -0.2) is 15.9 Å². The Kier molecular flexibility index (Phi) is 4.86. The zero-order valence-corrected chi connectivity index (χ0v) is 15.4. The standard InChI is InChI=1S/C20H15N3OS2/c24-19(11-10-16-7-5-13-25-16)23(14-15-6-3-4-12-21-15)20-22-17-8-1-2-9-18(17)26-20/h1-13H,14H2/b11-10+. The normalized spacial score (nSPS) is 11.2. The van der Waals surface area contributed by atoms with E-state index < -0.39 is 0 Å². The Labute approximate surface area is 159 Å². The monoisotopic (exact) mass is 377 g/mol. The lowest BCUT2D eigenvalue weighted by atomic mass is 10.3. The van der Waals surface area contributed by atoms with Gasteiger partial charge in [0.15, 0.2) is 5.13 Å². The number of para-hydroxylation sites is 1. The van der Waals surface area contributed by atoms with Crippen molar-refractivity contribution in [2.24, 2.45) is 0 Å². The molecule has 0 atom stereocenters. The molecule has 3 heterocycles. The maximum absolute atomic E-state index is 12.9. The Balaban J connectivity index is 1.67. The number of thiazole rings is 1. The lowest BCUT2D eigenvalue weighted by Gasteiger charge is -2.17. The summed E-state index contributed by atoms with van der Waals surface area (Å²) in [6.45, 7) is 0.383. The van der Waals surface area contributed by atoms with E-state index in [0.717, 1.165) is 20.8 Å². The van der Waals surface area contributed by atoms with E-state index in [1.165, 1.54) is 11.3 Å². The van der Waals surface area contributed by atoms with Crippen LogP contribution in [0.2, 0.25) is 0 Å². The van der Waals surface area contributed by atoms with E-state index >= 15 is 0 Å². The summed E-state index contributed by atoms with van der Waals surface area (Å²) >= 11 is 3.11. The summed E-state index contributed by atoms with van der Waals surface area (Å²) in [5.74, 6) is -0.108. The molecule has 0 aliphatic heterocycles. The molecule has 6 heteroatoms. The first-order valence-corrected chi connectivity index (χ1v) is 9.78. The van der Waals surface area contributed by atoms with Crippen LogP contribution in [0.5, 0.6) is 0 Å². The minimum Gasteiger partial charge on any atom is -0.278 e. The van der Waals surface area contributed by atoms with Gasteiger partial charge in [-0.3, -0.25) is 14.7 Å². The van der Waals surface area contributed by atoms with E-state index in [-0.39, 0.29) is 5.91 Å². The van der Waals surface area contributed by atoms with Crippen molar-refractivity contribution in [2.45, 2.75) is 6.54 Å². The van der Waals surface area contributed by atoms with Gasteiger partial charge in [0.2, 0.25) is 0 Å². The maximum atomic E-state index is 12.9. The molecule has 0 spiro atoms. The number of hydrogen-bond donors (Lipinski definition) is 0. The predicted octanol–water partition coefficient (Wildman–Crippen LogP) is 5.00. The van der Waals surface area contributed by atoms with Crippen LogP contribution < -0.4 is 4.90 Å². The molecule has 4 aromatic rings. The number of nitrogens with zero attached hydrogens (tertiary/aromatic N) is 3. The number of carbonyl (C=O) groups is 1. The van der Waals surface area contributed by atoms with Crippen LogP contribution in [0.15, 0.2) is 72.3 Å². The first kappa shape index (κ1) is 16.6. The van der Waals surface area contributed by atoms with Gasteiger partial charge in [-0.05, 0) is 41.8 Å². The lowest BCUT2D eigenvalue weighted by molar-refractivity contribution is -0.114. The van der Waals surface area contributed by atoms with Gasteiger partial charge >= 0.3 is 0 Å². The molecule has 1 amide bonds. The van der Waals surface area contributed by atoms with E-state index in [0.29, 0.717) is 11.7 Å². The minimum atomic E-state index is -0.108. The van der Waals surface area contributed by atoms with Crippen LogP contribution in [0.3, 0.4) is 0 Å². The number of benzene rings is 1. The second-order valence-corrected chi connectivity index (χ2v) is 7.55. The van der Waals surface area contributed by atoms with Gasteiger partial charge < -0.3 is 0 Å². The van der Waals surface area contributed by atoms with Crippen molar-refractivity contribution in [1.29, 1.82) is 0 Å². The number of amides is 1. The third-order valence-corrected chi connectivity index (χ3v) is 5.66. The molecule has 0 radical (unpaired) electrons. The number of fused-ring (bicyclic) bond motifs is 1. The Hall–Kier alpha value is -2.83. The van der Waals surface area contributed by atoms with Crippen molar-refractivity contribution in [2.75, 3.05) is 4.90 Å². The highest BCUT2D eigenvalue weighted by atomic mass is 32.1. The molecule has 0 aliphatic carbocycles. The van der Waals surface area contributed by atoms with Crippen LogP contribution in [0.4, 0.5) is 5.13 Å². The first-order chi connectivity index (χ1) is 12.8. The average Bonchev–Trinajstić information content (AvgIpc) is 3.34. The quantitative estimate of drug-likeness (QED) is 0.460. The largest absolute Gasteiger partial charge is 0.278 e. The highest BCUT2D eigenvalue weighted by Crippen LogP contribution is 2.29. The van der Waals surface area contributed by atoms with Crippen LogP contribution >= 0.6 is 22.7 Å². The smallest absolute Gasteiger partial charge is 0.253 e. The molecule has 0 fully saturated rings. The molecule has 0 saturated carbocycles. The molecule has 4 nitrogen and oxygen atoms in total. The molecular formula is C20H15N3OS2. The Bertz CT molecular complexity index is 1010. The van der Waals surface area contributed by atoms with Gasteiger partial charge in [-0.25, -0.2) is 4.98 Å². The molecule has 1 aromatic carbocycles. The van der Waals surface area contributed by atoms with Gasteiger partial charge in [-0.2, -0.15) is 0 Å². The molecule has 26 heavy (non-hydrogen) atoms. The van der Waals surface area contributed by atoms with Crippen molar-refractivity contribution >= 4 is 50.0 Å². The zero-order valence-electron chi connectivity index (χ0n) is 13.8. The number of anilines is 1. The fourth-order valence-electron chi connectivity index (χ4n) is 2.50. The van der Waals surface area contributed by atoms with Crippen LogP contribution in [0.25, 0.3) is 16.3 Å². The second-order valence-electron chi connectivity index (χ2n) is 5.56. The molecule has 0 saturated heterocycles. The Morgan fingerprint density at radius 3 is 2.73 bits per heavy atom. The number of aromatic nitrogens is 2. The fourth-order valence-corrected chi connectivity index (χ4v) is 4.09. The summed E-state index contributed by atoms with van der Waals surface area (Å²) in [5, 5.41) is 2.67. The number of pyridine rings is 1. The summed E-state index contributed by atoms with van der Waals surface area (Å²) in [6.07, 6.45) is 5.17. The molecule has 0 bridgehead atoms. The first-order valence-electron chi connectivity index (χ1n) is 8.08. The molecule has 3 aromatic heterocycles. The van der Waals surface area contributed by atoms with Crippen molar-refractivity contribution in [3.05, 3.63) is 82.8 Å². The summed E-state index contributed by atoms with van der Waals surface area (Å²) in [5.41, 5.74) is 1.72. The molecule has 0 unspecified atom stereocenters. The number of rotatable bonds is 5. The number of carbonyl (C=O) groups excluding carboxylic acids is 1. The van der Waals surface area contributed by atoms with E-state index in [1.807, 2.05) is 66.1 Å². The van der Waals surface area contributed by atoms with Crippen molar-refractivity contribution in [1.82, 2.24) is 9.97 Å². The SMILES string of the molecule is O=C(/C=C/c1cccs1)N(Cc1ccccn1)c1nc2ccccc2s1. The summed E-state index contributed by atoms with van der Waals surface area (Å²) in [7, 11) is 0. The molecule has 4 rings (SSSR count). The van der Waals surface area contributed by atoms with E-state index in [1.54, 1.807) is 28.5 Å². The minimum absolute atomic E-state index is 0.108. The highest BCUT2D eigenvalue weighted by molar-refractivity contribution is 7.22. The summed E-state index contributed by atoms with van der Waals surface area (Å²) in [6, 6.07) is 17.6. The molecule has 0 N–H and O–H groups in total. The van der Waals surface area contributed by atoms with Crippen molar-refractivity contribution in [3.63, 3.8) is 0 Å². The fraction of sp³-hybridized carbons (Fsp3) is 0.0500. The van der Waals surface area contributed by atoms with Gasteiger partial charge in [-0.1, -0.05) is 35.6 Å².